The zero-order valence-electron chi connectivity index (χ0n) is 25.0. The summed E-state index contributed by atoms with van der Waals surface area (Å²) in [5.41, 5.74) is 0. The van der Waals surface area contributed by atoms with Crippen LogP contribution in [0.4, 0.5) is 0 Å². The molecule has 0 aliphatic heterocycles. The average Bonchev–Trinajstić information content (AvgIpc) is 2.91. The Kier molecular flexibility index (Phi) is 26.9. The summed E-state index contributed by atoms with van der Waals surface area (Å²) >= 11 is 0. The SMILES string of the molecule is CC/C=C\C/C=C\C/C=C\C(CCCCCCCCC(=O)NCC(=O)O)OC(=O)CCCCCCCCCC. The minimum absolute atomic E-state index is 0.0861. The molecule has 0 saturated carbocycles. The fourth-order valence-electron chi connectivity index (χ4n) is 4.27. The van der Waals surface area contributed by atoms with Gasteiger partial charge in [0.25, 0.3) is 0 Å². The second-order valence-electron chi connectivity index (χ2n) is 10.3. The standard InChI is InChI=1S/C33H57NO5/c1-3-5-7-9-11-13-17-21-25-30(39-33(38)28-24-20-14-12-10-8-6-4-2)26-22-18-15-16-19-23-27-31(35)34-29-32(36)37/h5,7,11,13,21,25,30H,3-4,6,8-10,12,14-20,22-24,26-29H2,1-2H3,(H,34,35)(H,36,37)/b7-5-,13-11-,25-21-. The number of carbonyl (C=O) groups is 3. The molecular formula is C33H57NO5. The fraction of sp³-hybridized carbons (Fsp3) is 0.727. The van der Waals surface area contributed by atoms with Crippen LogP contribution in [0.25, 0.3) is 0 Å². The van der Waals surface area contributed by atoms with E-state index >= 15 is 0 Å². The summed E-state index contributed by atoms with van der Waals surface area (Å²) < 4.78 is 5.83. The molecule has 0 bridgehead atoms. The molecule has 39 heavy (non-hydrogen) atoms. The molecule has 0 spiro atoms. The highest BCUT2D eigenvalue weighted by Gasteiger charge is 2.11. The molecule has 0 fully saturated rings. The molecule has 0 aliphatic rings. The van der Waals surface area contributed by atoms with E-state index in [1.807, 2.05) is 6.08 Å². The molecule has 2 N–H and O–H groups in total. The van der Waals surface area contributed by atoms with Crippen LogP contribution < -0.4 is 5.32 Å². The van der Waals surface area contributed by atoms with Crippen LogP contribution in [-0.2, 0) is 19.1 Å². The smallest absolute Gasteiger partial charge is 0.322 e. The number of allylic oxidation sites excluding steroid dienone is 5. The summed E-state index contributed by atoms with van der Waals surface area (Å²) in [6.07, 6.45) is 32.8. The molecule has 0 aromatic rings. The third-order valence-electron chi connectivity index (χ3n) is 6.56. The number of hydrogen-bond acceptors (Lipinski definition) is 4. The van der Waals surface area contributed by atoms with Crippen molar-refractivity contribution >= 4 is 17.8 Å². The molecule has 0 aliphatic carbocycles. The van der Waals surface area contributed by atoms with Gasteiger partial charge in [-0.05, 0) is 51.0 Å². The maximum Gasteiger partial charge on any atom is 0.322 e. The molecule has 224 valence electrons. The number of amides is 1. The van der Waals surface area contributed by atoms with Crippen molar-refractivity contribution in [1.29, 1.82) is 0 Å². The van der Waals surface area contributed by atoms with Crippen molar-refractivity contribution in [3.8, 4) is 0 Å². The Bertz CT molecular complexity index is 698. The molecule has 1 unspecified atom stereocenters. The van der Waals surface area contributed by atoms with Gasteiger partial charge in [0.2, 0.25) is 5.91 Å². The Morgan fingerprint density at radius 2 is 1.23 bits per heavy atom. The lowest BCUT2D eigenvalue weighted by Crippen LogP contribution is -2.28. The zero-order chi connectivity index (χ0) is 28.8. The van der Waals surface area contributed by atoms with Crippen molar-refractivity contribution in [2.45, 2.75) is 148 Å². The molecular weight excluding hydrogens is 490 g/mol. The lowest BCUT2D eigenvalue weighted by atomic mass is 10.1. The van der Waals surface area contributed by atoms with E-state index in [1.165, 1.54) is 38.5 Å². The predicted octanol–water partition coefficient (Wildman–Crippen LogP) is 8.61. The van der Waals surface area contributed by atoms with E-state index in [4.69, 9.17) is 9.84 Å². The van der Waals surface area contributed by atoms with Crippen LogP contribution in [0.1, 0.15) is 142 Å². The minimum atomic E-state index is -1.02. The van der Waals surface area contributed by atoms with E-state index in [1.54, 1.807) is 0 Å². The van der Waals surface area contributed by atoms with E-state index in [2.05, 4.69) is 49.5 Å². The first kappa shape index (κ1) is 36.6. The molecule has 0 radical (unpaired) electrons. The Morgan fingerprint density at radius 3 is 1.85 bits per heavy atom. The first-order chi connectivity index (χ1) is 19.0. The maximum atomic E-state index is 12.5. The van der Waals surface area contributed by atoms with Crippen LogP contribution in [0.5, 0.6) is 0 Å². The van der Waals surface area contributed by atoms with Crippen LogP contribution in [0.15, 0.2) is 36.5 Å². The lowest BCUT2D eigenvalue weighted by Gasteiger charge is -2.14. The monoisotopic (exact) mass is 547 g/mol. The maximum absolute atomic E-state index is 12.5. The highest BCUT2D eigenvalue weighted by molar-refractivity contribution is 5.80. The van der Waals surface area contributed by atoms with Gasteiger partial charge in [-0.3, -0.25) is 14.4 Å². The first-order valence-corrected chi connectivity index (χ1v) is 15.6. The topological polar surface area (TPSA) is 92.7 Å². The zero-order valence-corrected chi connectivity index (χ0v) is 25.0. The van der Waals surface area contributed by atoms with Crippen LogP contribution >= 0.6 is 0 Å². The van der Waals surface area contributed by atoms with Gasteiger partial charge in [0, 0.05) is 12.8 Å². The molecule has 0 heterocycles. The largest absolute Gasteiger partial charge is 0.480 e. The number of carbonyl (C=O) groups excluding carboxylic acids is 2. The summed E-state index contributed by atoms with van der Waals surface area (Å²) in [5.74, 6) is -1.31. The Hall–Kier alpha value is -2.37. The van der Waals surface area contributed by atoms with Gasteiger partial charge >= 0.3 is 11.9 Å². The van der Waals surface area contributed by atoms with Gasteiger partial charge in [0.05, 0.1) is 0 Å². The van der Waals surface area contributed by atoms with E-state index in [9.17, 15) is 14.4 Å². The number of nitrogens with one attached hydrogen (secondary N) is 1. The van der Waals surface area contributed by atoms with Crippen molar-refractivity contribution < 1.29 is 24.2 Å². The number of hydrogen-bond donors (Lipinski definition) is 2. The summed E-state index contributed by atoms with van der Waals surface area (Å²) in [5, 5.41) is 11.0. The van der Waals surface area contributed by atoms with Crippen molar-refractivity contribution in [3.05, 3.63) is 36.5 Å². The number of ether oxygens (including phenoxy) is 1. The second-order valence-corrected chi connectivity index (χ2v) is 10.3. The van der Waals surface area contributed by atoms with Gasteiger partial charge in [0.15, 0.2) is 0 Å². The highest BCUT2D eigenvalue weighted by atomic mass is 16.5. The molecule has 1 amide bonds. The van der Waals surface area contributed by atoms with E-state index in [-0.39, 0.29) is 24.5 Å². The van der Waals surface area contributed by atoms with Crippen LogP contribution in [0.3, 0.4) is 0 Å². The van der Waals surface area contributed by atoms with Gasteiger partial charge in [-0.15, -0.1) is 0 Å². The lowest BCUT2D eigenvalue weighted by molar-refractivity contribution is -0.147. The number of carboxylic acids is 1. The van der Waals surface area contributed by atoms with Gasteiger partial charge in [-0.25, -0.2) is 0 Å². The van der Waals surface area contributed by atoms with Crippen molar-refractivity contribution in [3.63, 3.8) is 0 Å². The van der Waals surface area contributed by atoms with Crippen molar-refractivity contribution in [1.82, 2.24) is 5.32 Å². The average molecular weight is 548 g/mol. The van der Waals surface area contributed by atoms with Gasteiger partial charge in [-0.2, -0.15) is 0 Å². The minimum Gasteiger partial charge on any atom is -0.480 e. The normalized spacial score (nSPS) is 12.5. The molecule has 6 heteroatoms. The number of rotatable bonds is 27. The first-order valence-electron chi connectivity index (χ1n) is 15.6. The predicted molar refractivity (Wildman–Crippen MR) is 162 cm³/mol. The number of aliphatic carboxylic acids is 1. The molecule has 0 aromatic heterocycles. The molecule has 1 atom stereocenters. The number of esters is 1. The van der Waals surface area contributed by atoms with Crippen LogP contribution in [-0.4, -0.2) is 35.6 Å². The molecule has 0 rings (SSSR count). The molecule has 6 nitrogen and oxygen atoms in total. The third kappa shape index (κ3) is 28.5. The highest BCUT2D eigenvalue weighted by Crippen LogP contribution is 2.15. The van der Waals surface area contributed by atoms with E-state index in [0.717, 1.165) is 77.0 Å². The second kappa shape index (κ2) is 28.6. The number of unbranched alkanes of at least 4 members (excludes halogenated alkanes) is 12. The Labute approximate surface area is 238 Å². The van der Waals surface area contributed by atoms with Gasteiger partial charge < -0.3 is 15.2 Å². The third-order valence-corrected chi connectivity index (χ3v) is 6.56. The van der Waals surface area contributed by atoms with Crippen molar-refractivity contribution in [2.75, 3.05) is 6.54 Å². The van der Waals surface area contributed by atoms with Crippen LogP contribution in [0.2, 0.25) is 0 Å². The Balaban J connectivity index is 4.27. The number of carboxylic acid groups (broad SMARTS) is 1. The summed E-state index contributed by atoms with van der Waals surface area (Å²) in [7, 11) is 0. The summed E-state index contributed by atoms with van der Waals surface area (Å²) in [4.78, 5) is 34.5. The molecule has 0 aromatic carbocycles. The van der Waals surface area contributed by atoms with Crippen molar-refractivity contribution in [2.24, 2.45) is 0 Å². The Morgan fingerprint density at radius 1 is 0.692 bits per heavy atom. The molecule has 0 saturated heterocycles. The van der Waals surface area contributed by atoms with E-state index < -0.39 is 5.97 Å². The van der Waals surface area contributed by atoms with Gasteiger partial charge in [0.1, 0.15) is 12.6 Å². The quantitative estimate of drug-likeness (QED) is 0.0610. The summed E-state index contributed by atoms with van der Waals surface area (Å²) in [6.45, 7) is 4.05. The van der Waals surface area contributed by atoms with Gasteiger partial charge in [-0.1, -0.05) is 115 Å². The van der Waals surface area contributed by atoms with Crippen LogP contribution in [0, 0.1) is 0 Å². The fourth-order valence-corrected chi connectivity index (χ4v) is 4.27. The summed E-state index contributed by atoms with van der Waals surface area (Å²) in [6, 6.07) is 0. The van der Waals surface area contributed by atoms with E-state index in [0.29, 0.717) is 12.8 Å².